The second-order valence-corrected chi connectivity index (χ2v) is 9.65. The van der Waals surface area contributed by atoms with Gasteiger partial charge in [0, 0.05) is 31.7 Å². The first-order valence-corrected chi connectivity index (χ1v) is 12.6. The van der Waals surface area contributed by atoms with Gasteiger partial charge in [0.15, 0.2) is 0 Å². The third kappa shape index (κ3) is 4.69. The standard InChI is InChI=1S/C28H31N5O4/c1-17-8-6-7-15-33(17)24-23(25(34)26(24)35)30-21(27(36)37-3)16-18-11-13-19(14-12-18)29-28-31-20-9-4-5-10-22(20)32(28)2/h4-5,9-14,17,21,30H,6-8,15-16H2,1-3H3,(H,29,31)/t17?,21-/m0/s1. The number of hydrogen-bond acceptors (Lipinski definition) is 8. The van der Waals surface area contributed by atoms with E-state index < -0.39 is 22.9 Å². The minimum atomic E-state index is -0.800. The average molecular weight is 502 g/mol. The van der Waals surface area contributed by atoms with E-state index in [2.05, 4.69) is 22.5 Å². The van der Waals surface area contributed by atoms with Crippen molar-refractivity contribution in [1.29, 1.82) is 0 Å². The van der Waals surface area contributed by atoms with Gasteiger partial charge in [-0.15, -0.1) is 0 Å². The van der Waals surface area contributed by atoms with Gasteiger partial charge in [0.1, 0.15) is 17.4 Å². The summed E-state index contributed by atoms with van der Waals surface area (Å²) in [7, 11) is 3.27. The van der Waals surface area contributed by atoms with Crippen LogP contribution in [0.5, 0.6) is 0 Å². The fraction of sp³-hybridized carbons (Fsp3) is 0.357. The number of aryl methyl sites for hydroxylation is 1. The highest BCUT2D eigenvalue weighted by Crippen LogP contribution is 2.29. The Balaban J connectivity index is 1.32. The van der Waals surface area contributed by atoms with Crippen LogP contribution in [0.2, 0.25) is 0 Å². The second kappa shape index (κ2) is 10.1. The number of hydrogen-bond donors (Lipinski definition) is 2. The van der Waals surface area contributed by atoms with Crippen LogP contribution in [0.3, 0.4) is 0 Å². The molecule has 5 rings (SSSR count). The average Bonchev–Trinajstić information content (AvgIpc) is 3.23. The number of anilines is 4. The Morgan fingerprint density at radius 1 is 1.11 bits per heavy atom. The topological polar surface area (TPSA) is 106 Å². The lowest BCUT2D eigenvalue weighted by atomic mass is 9.99. The summed E-state index contributed by atoms with van der Waals surface area (Å²) in [5.74, 6) is 0.232. The lowest BCUT2D eigenvalue weighted by Crippen LogP contribution is -2.49. The minimum absolute atomic E-state index is 0.172. The van der Waals surface area contributed by atoms with E-state index >= 15 is 0 Å². The molecule has 37 heavy (non-hydrogen) atoms. The summed E-state index contributed by atoms with van der Waals surface area (Å²) in [6, 6.07) is 15.0. The van der Waals surface area contributed by atoms with Crippen LogP contribution in [0.1, 0.15) is 31.7 Å². The quantitative estimate of drug-likeness (QED) is 0.279. The van der Waals surface area contributed by atoms with Gasteiger partial charge < -0.3 is 24.8 Å². The van der Waals surface area contributed by atoms with Crippen LogP contribution in [0.25, 0.3) is 11.0 Å². The Morgan fingerprint density at radius 3 is 2.57 bits per heavy atom. The predicted octanol–water partition coefficient (Wildman–Crippen LogP) is 3.49. The Bertz CT molecular complexity index is 1500. The number of piperidine rings is 1. The lowest BCUT2D eigenvalue weighted by Gasteiger charge is -2.37. The van der Waals surface area contributed by atoms with Crippen LogP contribution in [0.4, 0.5) is 23.0 Å². The lowest BCUT2D eigenvalue weighted by molar-refractivity contribution is -0.141. The molecule has 9 nitrogen and oxygen atoms in total. The second-order valence-electron chi connectivity index (χ2n) is 9.65. The van der Waals surface area contributed by atoms with Crippen LogP contribution in [-0.2, 0) is 23.0 Å². The van der Waals surface area contributed by atoms with E-state index in [4.69, 9.17) is 4.74 Å². The Hall–Kier alpha value is -4.14. The number of carbonyl (C=O) groups excluding carboxylic acids is 1. The number of esters is 1. The number of ether oxygens (including phenoxy) is 1. The molecule has 2 atom stereocenters. The summed E-state index contributed by atoms with van der Waals surface area (Å²) < 4.78 is 7.00. The van der Waals surface area contributed by atoms with E-state index in [9.17, 15) is 14.4 Å². The van der Waals surface area contributed by atoms with Gasteiger partial charge in [0.05, 0.1) is 18.1 Å². The van der Waals surface area contributed by atoms with Gasteiger partial charge in [-0.25, -0.2) is 9.78 Å². The highest BCUT2D eigenvalue weighted by molar-refractivity contribution is 5.84. The summed E-state index contributed by atoms with van der Waals surface area (Å²) in [6.45, 7) is 2.78. The predicted molar refractivity (Wildman–Crippen MR) is 146 cm³/mol. The first kappa shape index (κ1) is 24.5. The smallest absolute Gasteiger partial charge is 0.328 e. The van der Waals surface area contributed by atoms with E-state index in [-0.39, 0.29) is 11.7 Å². The maximum absolute atomic E-state index is 12.6. The van der Waals surface area contributed by atoms with Crippen molar-refractivity contribution in [3.05, 3.63) is 74.5 Å². The molecule has 1 fully saturated rings. The van der Waals surface area contributed by atoms with Crippen LogP contribution in [-0.4, -0.2) is 41.3 Å². The number of carbonyl (C=O) groups is 1. The number of aromatic nitrogens is 2. The zero-order valence-electron chi connectivity index (χ0n) is 21.3. The molecule has 2 N–H and O–H groups in total. The molecule has 0 radical (unpaired) electrons. The molecule has 3 aromatic carbocycles. The molecule has 192 valence electrons. The van der Waals surface area contributed by atoms with Crippen LogP contribution < -0.4 is 26.4 Å². The van der Waals surface area contributed by atoms with E-state index in [0.717, 1.165) is 54.0 Å². The number of fused-ring (bicyclic) bond motifs is 1. The summed E-state index contributed by atoms with van der Waals surface area (Å²) in [5.41, 5.74) is 3.22. The van der Waals surface area contributed by atoms with Gasteiger partial charge in [-0.3, -0.25) is 9.59 Å². The maximum atomic E-state index is 12.6. The number of para-hydroxylation sites is 2. The number of rotatable bonds is 8. The molecule has 0 amide bonds. The number of benzene rings is 2. The molecule has 0 bridgehead atoms. The molecule has 1 aliphatic rings. The Morgan fingerprint density at radius 2 is 1.86 bits per heavy atom. The van der Waals surface area contributed by atoms with Gasteiger partial charge in [-0.2, -0.15) is 0 Å². The van der Waals surface area contributed by atoms with E-state index in [1.807, 2.05) is 65.0 Å². The molecule has 9 heteroatoms. The van der Waals surface area contributed by atoms with E-state index in [1.165, 1.54) is 7.11 Å². The van der Waals surface area contributed by atoms with Crippen LogP contribution in [0, 0.1) is 0 Å². The van der Waals surface area contributed by atoms with Crippen molar-refractivity contribution in [3.8, 4) is 0 Å². The van der Waals surface area contributed by atoms with Crippen molar-refractivity contribution in [1.82, 2.24) is 9.55 Å². The molecule has 2 heterocycles. The molecule has 1 aromatic heterocycles. The first-order valence-electron chi connectivity index (χ1n) is 12.6. The SMILES string of the molecule is COC(=O)[C@H](Cc1ccc(Nc2nc3ccccc3n2C)cc1)Nc1c(N2CCCCC2C)c(=O)c1=O. The van der Waals surface area contributed by atoms with Gasteiger partial charge in [0.2, 0.25) is 5.95 Å². The number of nitrogens with one attached hydrogen (secondary N) is 2. The van der Waals surface area contributed by atoms with Crippen molar-refractivity contribution in [2.45, 2.75) is 44.7 Å². The minimum Gasteiger partial charge on any atom is -0.467 e. The molecular formula is C28H31N5O4. The molecule has 1 unspecified atom stereocenters. The molecular weight excluding hydrogens is 470 g/mol. The van der Waals surface area contributed by atoms with E-state index in [0.29, 0.717) is 12.1 Å². The highest BCUT2D eigenvalue weighted by atomic mass is 16.5. The zero-order valence-corrected chi connectivity index (χ0v) is 21.3. The van der Waals surface area contributed by atoms with Crippen LogP contribution in [0.15, 0.2) is 58.1 Å². The van der Waals surface area contributed by atoms with Crippen molar-refractivity contribution in [3.63, 3.8) is 0 Å². The van der Waals surface area contributed by atoms with Gasteiger partial charge in [-0.05, 0) is 56.0 Å². The number of methoxy groups -OCH3 is 1. The maximum Gasteiger partial charge on any atom is 0.328 e. The van der Waals surface area contributed by atoms with Gasteiger partial charge in [-0.1, -0.05) is 24.3 Å². The monoisotopic (exact) mass is 501 g/mol. The molecule has 0 aliphatic carbocycles. The third-order valence-electron chi connectivity index (χ3n) is 7.22. The number of imidazole rings is 1. The summed E-state index contributed by atoms with van der Waals surface area (Å²) >= 11 is 0. The van der Waals surface area contributed by atoms with E-state index in [1.54, 1.807) is 0 Å². The van der Waals surface area contributed by atoms with Crippen LogP contribution >= 0.6 is 0 Å². The highest BCUT2D eigenvalue weighted by Gasteiger charge is 2.33. The van der Waals surface area contributed by atoms with Crippen molar-refractivity contribution in [2.75, 3.05) is 29.2 Å². The number of nitrogens with zero attached hydrogens (tertiary/aromatic N) is 3. The molecule has 0 saturated carbocycles. The third-order valence-corrected chi connectivity index (χ3v) is 7.22. The summed E-state index contributed by atoms with van der Waals surface area (Å²) in [4.78, 5) is 44.2. The Labute approximate surface area is 214 Å². The van der Waals surface area contributed by atoms with Gasteiger partial charge in [0.25, 0.3) is 10.9 Å². The summed E-state index contributed by atoms with van der Waals surface area (Å²) in [6.07, 6.45) is 3.33. The largest absolute Gasteiger partial charge is 0.467 e. The fourth-order valence-electron chi connectivity index (χ4n) is 5.07. The molecule has 1 saturated heterocycles. The summed E-state index contributed by atoms with van der Waals surface area (Å²) in [5, 5.41) is 6.37. The molecule has 1 aliphatic heterocycles. The fourth-order valence-corrected chi connectivity index (χ4v) is 5.07. The molecule has 0 spiro atoms. The molecule has 4 aromatic rings. The van der Waals surface area contributed by atoms with Crippen molar-refractivity contribution < 1.29 is 9.53 Å². The zero-order chi connectivity index (χ0) is 26.1. The normalized spacial score (nSPS) is 16.6. The van der Waals surface area contributed by atoms with Crippen molar-refractivity contribution >= 4 is 40.0 Å². The first-order chi connectivity index (χ1) is 17.9. The van der Waals surface area contributed by atoms with Crippen molar-refractivity contribution in [2.24, 2.45) is 7.05 Å². The Kier molecular flexibility index (Phi) is 6.69. The van der Waals surface area contributed by atoms with Gasteiger partial charge >= 0.3 is 5.97 Å².